The summed E-state index contributed by atoms with van der Waals surface area (Å²) in [5, 5.41) is 2.16. The van der Waals surface area contributed by atoms with Crippen molar-refractivity contribution >= 4 is 11.3 Å². The molecule has 1 atom stereocenters. The van der Waals surface area contributed by atoms with E-state index in [1.807, 2.05) is 0 Å². The van der Waals surface area contributed by atoms with Crippen molar-refractivity contribution < 1.29 is 0 Å². The maximum absolute atomic E-state index is 6.48. The fraction of sp³-hybridized carbons (Fsp3) is 0.412. The van der Waals surface area contributed by atoms with Gasteiger partial charge in [-0.3, -0.25) is 0 Å². The number of aryl methyl sites for hydroxylation is 1. The smallest absolute Gasteiger partial charge is 0.0648 e. The number of nitrogens with two attached hydrogens (primary N) is 1. The number of hydrogen-bond donors (Lipinski definition) is 1. The van der Waals surface area contributed by atoms with Gasteiger partial charge in [0.25, 0.3) is 0 Å². The molecular formula is C17H21NS. The molecule has 1 saturated carbocycles. The molecule has 0 radical (unpaired) electrons. The van der Waals surface area contributed by atoms with Crippen molar-refractivity contribution in [3.8, 4) is 0 Å². The van der Waals surface area contributed by atoms with Crippen molar-refractivity contribution in [3.05, 3.63) is 57.3 Å². The van der Waals surface area contributed by atoms with E-state index in [0.717, 1.165) is 12.3 Å². The molecule has 1 fully saturated rings. The van der Waals surface area contributed by atoms with Gasteiger partial charge in [-0.05, 0) is 53.3 Å². The molecule has 2 heteroatoms. The summed E-state index contributed by atoms with van der Waals surface area (Å²) in [4.78, 5) is 1.33. The summed E-state index contributed by atoms with van der Waals surface area (Å²) in [5.41, 5.74) is 10.6. The summed E-state index contributed by atoms with van der Waals surface area (Å²) in [5.74, 6) is 0.779. The maximum atomic E-state index is 6.48. The van der Waals surface area contributed by atoms with Gasteiger partial charge in [-0.2, -0.15) is 0 Å². The summed E-state index contributed by atoms with van der Waals surface area (Å²) < 4.78 is 0. The number of thiophene rings is 1. The summed E-state index contributed by atoms with van der Waals surface area (Å²) >= 11 is 1.79. The van der Waals surface area contributed by atoms with Gasteiger partial charge in [-0.1, -0.05) is 37.6 Å². The lowest BCUT2D eigenvalue weighted by molar-refractivity contribution is 0.419. The fourth-order valence-corrected chi connectivity index (χ4v) is 3.84. The lowest BCUT2D eigenvalue weighted by Gasteiger charge is -2.26. The number of rotatable bonds is 4. The molecule has 2 aromatic rings. The Morgan fingerprint density at radius 1 is 1.32 bits per heavy atom. The van der Waals surface area contributed by atoms with E-state index in [2.05, 4.69) is 42.6 Å². The SMILES string of the molecule is CCc1ccsc1C(N)c1cccc(C2CCC2)c1. The Balaban J connectivity index is 1.88. The quantitative estimate of drug-likeness (QED) is 0.862. The number of hydrogen-bond acceptors (Lipinski definition) is 2. The molecule has 1 heterocycles. The lowest BCUT2D eigenvalue weighted by atomic mass is 9.79. The minimum atomic E-state index is 0.0370. The van der Waals surface area contributed by atoms with Gasteiger partial charge in [0.2, 0.25) is 0 Å². The van der Waals surface area contributed by atoms with Crippen molar-refractivity contribution in [1.29, 1.82) is 0 Å². The first-order valence-corrected chi connectivity index (χ1v) is 8.09. The van der Waals surface area contributed by atoms with E-state index >= 15 is 0 Å². The molecule has 19 heavy (non-hydrogen) atoms. The molecule has 0 saturated heterocycles. The minimum Gasteiger partial charge on any atom is -0.320 e. The van der Waals surface area contributed by atoms with Gasteiger partial charge in [-0.15, -0.1) is 11.3 Å². The Kier molecular flexibility index (Phi) is 3.72. The van der Waals surface area contributed by atoms with E-state index < -0.39 is 0 Å². The summed E-state index contributed by atoms with van der Waals surface area (Å²) in [6.07, 6.45) is 5.14. The number of benzene rings is 1. The van der Waals surface area contributed by atoms with Crippen LogP contribution in [0.4, 0.5) is 0 Å². The Morgan fingerprint density at radius 2 is 2.16 bits per heavy atom. The molecule has 0 bridgehead atoms. The zero-order valence-electron chi connectivity index (χ0n) is 11.4. The third-order valence-electron chi connectivity index (χ3n) is 4.29. The molecule has 1 unspecified atom stereocenters. The van der Waals surface area contributed by atoms with Crippen molar-refractivity contribution in [3.63, 3.8) is 0 Å². The molecule has 1 aromatic heterocycles. The second-order valence-corrected chi connectivity index (χ2v) is 6.39. The Hall–Kier alpha value is -1.12. The van der Waals surface area contributed by atoms with Gasteiger partial charge in [0.1, 0.15) is 0 Å². The van der Waals surface area contributed by atoms with Crippen LogP contribution in [-0.4, -0.2) is 0 Å². The van der Waals surface area contributed by atoms with Crippen molar-refractivity contribution in [1.82, 2.24) is 0 Å². The van der Waals surface area contributed by atoms with E-state index in [1.54, 1.807) is 11.3 Å². The predicted octanol–water partition coefficient (Wildman–Crippen LogP) is 4.63. The monoisotopic (exact) mass is 271 g/mol. The van der Waals surface area contributed by atoms with Crippen LogP contribution in [0.3, 0.4) is 0 Å². The van der Waals surface area contributed by atoms with Crippen LogP contribution in [0, 0.1) is 0 Å². The maximum Gasteiger partial charge on any atom is 0.0648 e. The van der Waals surface area contributed by atoms with Crippen molar-refractivity contribution in [2.45, 2.75) is 44.6 Å². The standard InChI is InChI=1S/C17H21NS/c1-2-12-9-10-19-17(12)16(18)15-8-4-7-14(11-15)13-5-3-6-13/h4,7-11,13,16H,2-3,5-6,18H2,1H3. The molecule has 1 aliphatic carbocycles. The van der Waals surface area contributed by atoms with Crippen LogP contribution in [0.15, 0.2) is 35.7 Å². The molecule has 2 N–H and O–H groups in total. The molecular weight excluding hydrogens is 250 g/mol. The van der Waals surface area contributed by atoms with E-state index in [0.29, 0.717) is 0 Å². The zero-order chi connectivity index (χ0) is 13.2. The van der Waals surface area contributed by atoms with Crippen LogP contribution in [0.2, 0.25) is 0 Å². The molecule has 0 aliphatic heterocycles. The van der Waals surface area contributed by atoms with Gasteiger partial charge in [0.05, 0.1) is 6.04 Å². The average Bonchev–Trinajstić information content (AvgIpc) is 2.84. The van der Waals surface area contributed by atoms with Gasteiger partial charge < -0.3 is 5.73 Å². The molecule has 1 nitrogen and oxygen atoms in total. The molecule has 1 aliphatic rings. The second-order valence-electron chi connectivity index (χ2n) is 5.44. The van der Waals surface area contributed by atoms with Gasteiger partial charge >= 0.3 is 0 Å². The molecule has 0 amide bonds. The largest absolute Gasteiger partial charge is 0.320 e. The second kappa shape index (κ2) is 5.48. The summed E-state index contributed by atoms with van der Waals surface area (Å²) in [6, 6.07) is 11.2. The minimum absolute atomic E-state index is 0.0370. The molecule has 100 valence electrons. The lowest BCUT2D eigenvalue weighted by Crippen LogP contribution is -2.14. The molecule has 0 spiro atoms. The highest BCUT2D eigenvalue weighted by molar-refractivity contribution is 7.10. The third-order valence-corrected chi connectivity index (χ3v) is 5.33. The average molecular weight is 271 g/mol. The summed E-state index contributed by atoms with van der Waals surface area (Å²) in [6.45, 7) is 2.20. The first kappa shape index (κ1) is 12.9. The van der Waals surface area contributed by atoms with E-state index in [4.69, 9.17) is 5.73 Å². The van der Waals surface area contributed by atoms with Crippen LogP contribution < -0.4 is 5.73 Å². The van der Waals surface area contributed by atoms with Crippen LogP contribution in [-0.2, 0) is 6.42 Å². The fourth-order valence-electron chi connectivity index (χ4n) is 2.81. The molecule has 3 rings (SSSR count). The Bertz CT molecular complexity index is 554. The van der Waals surface area contributed by atoms with E-state index in [1.165, 1.54) is 40.8 Å². The van der Waals surface area contributed by atoms with Crippen molar-refractivity contribution in [2.75, 3.05) is 0 Å². The molecule has 1 aromatic carbocycles. The Morgan fingerprint density at radius 3 is 2.84 bits per heavy atom. The predicted molar refractivity (Wildman–Crippen MR) is 82.8 cm³/mol. The highest BCUT2D eigenvalue weighted by atomic mass is 32.1. The van der Waals surface area contributed by atoms with Crippen LogP contribution in [0.5, 0.6) is 0 Å². The van der Waals surface area contributed by atoms with Gasteiger partial charge in [0.15, 0.2) is 0 Å². The third kappa shape index (κ3) is 2.47. The van der Waals surface area contributed by atoms with Crippen molar-refractivity contribution in [2.24, 2.45) is 5.73 Å². The Labute approximate surface area is 119 Å². The zero-order valence-corrected chi connectivity index (χ0v) is 12.2. The van der Waals surface area contributed by atoms with Crippen LogP contribution in [0.25, 0.3) is 0 Å². The first-order valence-electron chi connectivity index (χ1n) is 7.21. The summed E-state index contributed by atoms with van der Waals surface area (Å²) in [7, 11) is 0. The van der Waals surface area contributed by atoms with E-state index in [9.17, 15) is 0 Å². The highest BCUT2D eigenvalue weighted by Crippen LogP contribution is 2.37. The highest BCUT2D eigenvalue weighted by Gasteiger charge is 2.21. The van der Waals surface area contributed by atoms with Crippen LogP contribution in [0.1, 0.15) is 59.7 Å². The topological polar surface area (TPSA) is 26.0 Å². The van der Waals surface area contributed by atoms with Gasteiger partial charge in [-0.25, -0.2) is 0 Å². The normalized spacial score (nSPS) is 17.2. The van der Waals surface area contributed by atoms with Crippen LogP contribution >= 0.6 is 11.3 Å². The first-order chi connectivity index (χ1) is 9.29. The van der Waals surface area contributed by atoms with Gasteiger partial charge in [0, 0.05) is 4.88 Å². The van der Waals surface area contributed by atoms with E-state index in [-0.39, 0.29) is 6.04 Å².